The minimum atomic E-state index is -0.977. The molecule has 5 nitrogen and oxygen atoms in total. The van der Waals surface area contributed by atoms with Gasteiger partial charge in [0.1, 0.15) is 0 Å². The number of aromatic carboxylic acids is 1. The fourth-order valence-electron chi connectivity index (χ4n) is 2.56. The van der Waals surface area contributed by atoms with E-state index < -0.39 is 5.97 Å². The first-order valence-electron chi connectivity index (χ1n) is 7.07. The SMILES string of the molecule is O=C(O)c1cnc(OCC2CCOCC2)c2ccccc12. The second-order valence-corrected chi connectivity index (χ2v) is 5.19. The molecule has 1 aliphatic rings. The predicted octanol–water partition coefficient (Wildman–Crippen LogP) is 2.74. The van der Waals surface area contributed by atoms with Gasteiger partial charge in [-0.2, -0.15) is 0 Å². The third-order valence-electron chi connectivity index (χ3n) is 3.79. The number of benzene rings is 1. The molecule has 5 heteroatoms. The Bertz CT molecular complexity index is 650. The summed E-state index contributed by atoms with van der Waals surface area (Å²) >= 11 is 0. The summed E-state index contributed by atoms with van der Waals surface area (Å²) in [7, 11) is 0. The van der Waals surface area contributed by atoms with Gasteiger partial charge in [-0.25, -0.2) is 9.78 Å². The van der Waals surface area contributed by atoms with Crippen molar-refractivity contribution in [3.8, 4) is 5.88 Å². The summed E-state index contributed by atoms with van der Waals surface area (Å²) in [5, 5.41) is 10.6. The number of aromatic nitrogens is 1. The molecule has 0 saturated carbocycles. The van der Waals surface area contributed by atoms with Crippen LogP contribution in [0, 0.1) is 5.92 Å². The van der Waals surface area contributed by atoms with Gasteiger partial charge < -0.3 is 14.6 Å². The Balaban J connectivity index is 1.85. The maximum absolute atomic E-state index is 11.2. The van der Waals surface area contributed by atoms with Gasteiger partial charge >= 0.3 is 5.97 Å². The number of carboxylic acid groups (broad SMARTS) is 1. The van der Waals surface area contributed by atoms with E-state index in [1.165, 1.54) is 6.20 Å². The van der Waals surface area contributed by atoms with Gasteiger partial charge in [0.05, 0.1) is 12.2 Å². The molecule has 0 amide bonds. The van der Waals surface area contributed by atoms with Crippen LogP contribution in [0.25, 0.3) is 10.8 Å². The topological polar surface area (TPSA) is 68.7 Å². The van der Waals surface area contributed by atoms with E-state index in [1.54, 1.807) is 6.07 Å². The van der Waals surface area contributed by atoms with Crippen LogP contribution in [-0.4, -0.2) is 35.9 Å². The van der Waals surface area contributed by atoms with Gasteiger partial charge in [0.25, 0.3) is 0 Å². The molecule has 1 aromatic carbocycles. The monoisotopic (exact) mass is 287 g/mol. The highest BCUT2D eigenvalue weighted by Gasteiger charge is 2.17. The van der Waals surface area contributed by atoms with Crippen LogP contribution >= 0.6 is 0 Å². The number of ether oxygens (including phenoxy) is 2. The summed E-state index contributed by atoms with van der Waals surface area (Å²) in [4.78, 5) is 15.4. The van der Waals surface area contributed by atoms with Crippen molar-refractivity contribution in [3.05, 3.63) is 36.0 Å². The van der Waals surface area contributed by atoms with Gasteiger partial charge in [0.2, 0.25) is 5.88 Å². The average Bonchev–Trinajstić information content (AvgIpc) is 2.53. The molecule has 1 aliphatic heterocycles. The van der Waals surface area contributed by atoms with E-state index in [2.05, 4.69) is 4.98 Å². The molecule has 21 heavy (non-hydrogen) atoms. The molecule has 3 rings (SSSR count). The largest absolute Gasteiger partial charge is 0.478 e. The lowest BCUT2D eigenvalue weighted by atomic mass is 10.0. The number of carbonyl (C=O) groups is 1. The first-order valence-corrected chi connectivity index (χ1v) is 7.07. The summed E-state index contributed by atoms with van der Waals surface area (Å²) in [5.74, 6) is -0.00441. The van der Waals surface area contributed by atoms with Crippen LogP contribution in [-0.2, 0) is 4.74 Å². The highest BCUT2D eigenvalue weighted by Crippen LogP contribution is 2.27. The predicted molar refractivity (Wildman–Crippen MR) is 77.7 cm³/mol. The Morgan fingerprint density at radius 2 is 2.00 bits per heavy atom. The third kappa shape index (κ3) is 2.97. The minimum absolute atomic E-state index is 0.198. The summed E-state index contributed by atoms with van der Waals surface area (Å²) < 4.78 is 11.2. The van der Waals surface area contributed by atoms with Crippen LogP contribution in [0.5, 0.6) is 5.88 Å². The van der Waals surface area contributed by atoms with Crippen molar-refractivity contribution in [1.29, 1.82) is 0 Å². The second kappa shape index (κ2) is 6.10. The number of pyridine rings is 1. The number of rotatable bonds is 4. The highest BCUT2D eigenvalue weighted by atomic mass is 16.5. The van der Waals surface area contributed by atoms with Crippen molar-refractivity contribution in [2.75, 3.05) is 19.8 Å². The molecule has 0 bridgehead atoms. The van der Waals surface area contributed by atoms with Crippen LogP contribution in [0.15, 0.2) is 30.5 Å². The van der Waals surface area contributed by atoms with E-state index in [1.807, 2.05) is 18.2 Å². The molecular weight excluding hydrogens is 270 g/mol. The van der Waals surface area contributed by atoms with Crippen LogP contribution in [0.2, 0.25) is 0 Å². The van der Waals surface area contributed by atoms with Gasteiger partial charge in [-0.15, -0.1) is 0 Å². The lowest BCUT2D eigenvalue weighted by Crippen LogP contribution is -2.21. The van der Waals surface area contributed by atoms with Gasteiger partial charge in [-0.1, -0.05) is 18.2 Å². The molecule has 0 aliphatic carbocycles. The second-order valence-electron chi connectivity index (χ2n) is 5.19. The number of hydrogen-bond acceptors (Lipinski definition) is 4. The molecule has 1 fully saturated rings. The molecule has 0 atom stereocenters. The van der Waals surface area contributed by atoms with E-state index >= 15 is 0 Å². The van der Waals surface area contributed by atoms with Crippen molar-refractivity contribution in [1.82, 2.24) is 4.98 Å². The smallest absolute Gasteiger partial charge is 0.337 e. The Morgan fingerprint density at radius 1 is 1.29 bits per heavy atom. The lowest BCUT2D eigenvalue weighted by Gasteiger charge is -2.22. The highest BCUT2D eigenvalue weighted by molar-refractivity contribution is 6.04. The number of fused-ring (bicyclic) bond motifs is 1. The molecule has 1 N–H and O–H groups in total. The van der Waals surface area contributed by atoms with Gasteiger partial charge in [-0.05, 0) is 24.8 Å². The van der Waals surface area contributed by atoms with E-state index in [0.29, 0.717) is 23.8 Å². The van der Waals surface area contributed by atoms with Crippen molar-refractivity contribution in [2.24, 2.45) is 5.92 Å². The van der Waals surface area contributed by atoms with E-state index in [9.17, 15) is 9.90 Å². The summed E-state index contributed by atoms with van der Waals surface area (Å²) in [5.41, 5.74) is 0.198. The molecule has 110 valence electrons. The van der Waals surface area contributed by atoms with Crippen molar-refractivity contribution >= 4 is 16.7 Å². The zero-order valence-electron chi connectivity index (χ0n) is 11.6. The molecule has 1 saturated heterocycles. The van der Waals surface area contributed by atoms with Gasteiger partial charge in [0.15, 0.2) is 0 Å². The molecule has 0 radical (unpaired) electrons. The van der Waals surface area contributed by atoms with E-state index in [-0.39, 0.29) is 5.56 Å². The third-order valence-corrected chi connectivity index (χ3v) is 3.79. The zero-order valence-corrected chi connectivity index (χ0v) is 11.6. The molecule has 0 spiro atoms. The van der Waals surface area contributed by atoms with Crippen LogP contribution < -0.4 is 4.74 Å². The van der Waals surface area contributed by atoms with Gasteiger partial charge in [0, 0.05) is 30.2 Å². The maximum Gasteiger partial charge on any atom is 0.337 e. The summed E-state index contributed by atoms with van der Waals surface area (Å²) in [6.07, 6.45) is 3.35. The first kappa shape index (κ1) is 13.8. The Hall–Kier alpha value is -2.14. The van der Waals surface area contributed by atoms with Crippen LogP contribution in [0.4, 0.5) is 0 Å². The van der Waals surface area contributed by atoms with E-state index in [4.69, 9.17) is 9.47 Å². The summed E-state index contributed by atoms with van der Waals surface area (Å²) in [6, 6.07) is 7.30. The Kier molecular flexibility index (Phi) is 4.01. The van der Waals surface area contributed by atoms with E-state index in [0.717, 1.165) is 31.4 Å². The molecular formula is C16H17NO4. The first-order chi connectivity index (χ1) is 10.3. The normalized spacial score (nSPS) is 16.0. The van der Waals surface area contributed by atoms with Crippen molar-refractivity contribution < 1.29 is 19.4 Å². The minimum Gasteiger partial charge on any atom is -0.478 e. The Labute approximate surface area is 122 Å². The summed E-state index contributed by atoms with van der Waals surface area (Å²) in [6.45, 7) is 2.15. The van der Waals surface area contributed by atoms with Gasteiger partial charge in [-0.3, -0.25) is 0 Å². The maximum atomic E-state index is 11.2. The molecule has 0 unspecified atom stereocenters. The molecule has 2 heterocycles. The quantitative estimate of drug-likeness (QED) is 0.936. The van der Waals surface area contributed by atoms with Crippen LogP contribution in [0.1, 0.15) is 23.2 Å². The molecule has 2 aromatic rings. The van der Waals surface area contributed by atoms with Crippen LogP contribution in [0.3, 0.4) is 0 Å². The number of nitrogens with zero attached hydrogens (tertiary/aromatic N) is 1. The molecule has 1 aromatic heterocycles. The zero-order chi connectivity index (χ0) is 14.7. The average molecular weight is 287 g/mol. The lowest BCUT2D eigenvalue weighted by molar-refractivity contribution is 0.0493. The van der Waals surface area contributed by atoms with Crippen molar-refractivity contribution in [2.45, 2.75) is 12.8 Å². The fraction of sp³-hybridized carbons (Fsp3) is 0.375. The Morgan fingerprint density at radius 3 is 2.71 bits per heavy atom. The number of hydrogen-bond donors (Lipinski definition) is 1. The standard InChI is InChI=1S/C16H17NO4/c18-16(19)14-9-17-15(13-4-2-1-3-12(13)14)21-10-11-5-7-20-8-6-11/h1-4,9,11H,5-8,10H2,(H,18,19). The van der Waals surface area contributed by atoms with Crippen molar-refractivity contribution in [3.63, 3.8) is 0 Å². The number of carboxylic acids is 1. The fourth-order valence-corrected chi connectivity index (χ4v) is 2.56.